The minimum atomic E-state index is -0.121. The number of aromatic nitrogens is 2. The van der Waals surface area contributed by atoms with Gasteiger partial charge in [-0.05, 0) is 43.1 Å². The fourth-order valence-corrected chi connectivity index (χ4v) is 3.73. The summed E-state index contributed by atoms with van der Waals surface area (Å²) < 4.78 is 3.94. The van der Waals surface area contributed by atoms with Crippen molar-refractivity contribution >= 4 is 34.2 Å². The highest BCUT2D eigenvalue weighted by Crippen LogP contribution is 2.23. The Hall–Kier alpha value is -2.67. The van der Waals surface area contributed by atoms with Gasteiger partial charge in [0.15, 0.2) is 0 Å². The van der Waals surface area contributed by atoms with Crippen molar-refractivity contribution in [1.29, 1.82) is 0 Å². The number of hydrogen-bond donors (Lipinski definition) is 2. The van der Waals surface area contributed by atoms with Gasteiger partial charge in [0.05, 0.1) is 5.56 Å². The van der Waals surface area contributed by atoms with Gasteiger partial charge in [-0.1, -0.05) is 11.6 Å². The third kappa shape index (κ3) is 3.02. The SMILES string of the molecule is Cc1ccc2[nH]cc(C(=O)N3CC[C@H](NC(=O)c4ccns4)C3)c2c1. The number of benzene rings is 1. The van der Waals surface area contributed by atoms with Crippen LogP contribution in [0.25, 0.3) is 10.9 Å². The second-order valence-corrected chi connectivity index (χ2v) is 7.17. The molecule has 6 nitrogen and oxygen atoms in total. The molecule has 1 aromatic carbocycles. The van der Waals surface area contributed by atoms with Crippen molar-refractivity contribution in [2.45, 2.75) is 19.4 Å². The molecule has 2 amide bonds. The minimum absolute atomic E-state index is 0.00592. The van der Waals surface area contributed by atoms with Crippen molar-refractivity contribution in [3.63, 3.8) is 0 Å². The van der Waals surface area contributed by atoms with Gasteiger partial charge in [-0.3, -0.25) is 9.59 Å². The number of hydrogen-bond acceptors (Lipinski definition) is 4. The van der Waals surface area contributed by atoms with Crippen LogP contribution in [-0.2, 0) is 0 Å². The highest BCUT2D eigenvalue weighted by atomic mass is 32.1. The number of nitrogens with one attached hydrogen (secondary N) is 2. The van der Waals surface area contributed by atoms with Crippen molar-refractivity contribution in [2.75, 3.05) is 13.1 Å². The van der Waals surface area contributed by atoms with Gasteiger partial charge in [-0.15, -0.1) is 0 Å². The van der Waals surface area contributed by atoms with Gasteiger partial charge in [-0.25, -0.2) is 4.37 Å². The van der Waals surface area contributed by atoms with Gasteiger partial charge in [0.25, 0.3) is 11.8 Å². The summed E-state index contributed by atoms with van der Waals surface area (Å²) >= 11 is 1.18. The van der Waals surface area contributed by atoms with Crippen LogP contribution >= 0.6 is 11.5 Å². The fourth-order valence-electron chi connectivity index (χ4n) is 3.23. The van der Waals surface area contributed by atoms with Crippen LogP contribution in [0.1, 0.15) is 32.0 Å². The standard InChI is InChI=1S/C18H18N4O2S/c1-11-2-3-15-13(8-11)14(9-19-15)18(24)22-7-5-12(10-22)21-17(23)16-4-6-20-25-16/h2-4,6,8-9,12,19H,5,7,10H2,1H3,(H,21,23)/t12-/m0/s1. The van der Waals surface area contributed by atoms with Crippen molar-refractivity contribution in [2.24, 2.45) is 0 Å². The first-order valence-corrected chi connectivity index (χ1v) is 8.98. The van der Waals surface area contributed by atoms with Gasteiger partial charge >= 0.3 is 0 Å². The largest absolute Gasteiger partial charge is 0.360 e. The number of amides is 2. The van der Waals surface area contributed by atoms with Crippen LogP contribution < -0.4 is 5.32 Å². The smallest absolute Gasteiger partial charge is 0.263 e. The molecule has 3 heterocycles. The van der Waals surface area contributed by atoms with Crippen molar-refractivity contribution in [1.82, 2.24) is 19.6 Å². The van der Waals surface area contributed by atoms with Crippen molar-refractivity contribution in [3.8, 4) is 0 Å². The van der Waals surface area contributed by atoms with Crippen LogP contribution in [0.2, 0.25) is 0 Å². The topological polar surface area (TPSA) is 78.1 Å². The second kappa shape index (κ2) is 6.33. The molecule has 1 aliphatic heterocycles. The lowest BCUT2D eigenvalue weighted by molar-refractivity contribution is 0.0785. The van der Waals surface area contributed by atoms with E-state index >= 15 is 0 Å². The van der Waals surface area contributed by atoms with Crippen LogP contribution in [0.4, 0.5) is 0 Å². The molecule has 0 unspecified atom stereocenters. The Morgan fingerprint density at radius 1 is 1.36 bits per heavy atom. The van der Waals surface area contributed by atoms with Crippen LogP contribution in [0.15, 0.2) is 36.7 Å². The zero-order valence-corrected chi connectivity index (χ0v) is 14.6. The summed E-state index contributed by atoms with van der Waals surface area (Å²) in [5.74, 6) is -0.115. The Balaban J connectivity index is 1.46. The normalized spacial score (nSPS) is 17.2. The molecule has 4 rings (SSSR count). The first-order chi connectivity index (χ1) is 12.1. The van der Waals surface area contributed by atoms with Gasteiger partial charge in [0, 0.05) is 42.4 Å². The number of aromatic amines is 1. The lowest BCUT2D eigenvalue weighted by Crippen LogP contribution is -2.38. The highest BCUT2D eigenvalue weighted by molar-refractivity contribution is 7.08. The maximum atomic E-state index is 12.9. The summed E-state index contributed by atoms with van der Waals surface area (Å²) in [6.07, 6.45) is 4.15. The first-order valence-electron chi connectivity index (χ1n) is 8.20. The molecular formula is C18H18N4O2S. The summed E-state index contributed by atoms with van der Waals surface area (Å²) in [4.78, 5) is 30.6. The van der Waals surface area contributed by atoms with Gasteiger partial charge in [0.2, 0.25) is 0 Å². The molecule has 1 saturated heterocycles. The molecule has 0 radical (unpaired) electrons. The van der Waals surface area contributed by atoms with E-state index in [-0.39, 0.29) is 17.9 Å². The van der Waals surface area contributed by atoms with Crippen LogP contribution in [0, 0.1) is 6.92 Å². The number of carbonyl (C=O) groups excluding carboxylic acids is 2. The van der Waals surface area contributed by atoms with E-state index in [1.54, 1.807) is 18.5 Å². The Morgan fingerprint density at radius 3 is 3.04 bits per heavy atom. The first kappa shape index (κ1) is 15.8. The third-order valence-electron chi connectivity index (χ3n) is 4.54. The quantitative estimate of drug-likeness (QED) is 0.759. The van der Waals surface area contributed by atoms with E-state index < -0.39 is 0 Å². The summed E-state index contributed by atoms with van der Waals surface area (Å²) in [6.45, 7) is 3.19. The molecule has 25 heavy (non-hydrogen) atoms. The van der Waals surface area contributed by atoms with Crippen LogP contribution in [0.3, 0.4) is 0 Å². The third-order valence-corrected chi connectivity index (χ3v) is 5.29. The Bertz CT molecular complexity index is 932. The molecule has 0 spiro atoms. The fraction of sp³-hybridized carbons (Fsp3) is 0.278. The lowest BCUT2D eigenvalue weighted by atomic mass is 10.1. The molecule has 2 aromatic heterocycles. The highest BCUT2D eigenvalue weighted by Gasteiger charge is 2.29. The zero-order valence-electron chi connectivity index (χ0n) is 13.8. The number of likely N-dealkylation sites (tertiary alicyclic amines) is 1. The lowest BCUT2D eigenvalue weighted by Gasteiger charge is -2.16. The van der Waals surface area contributed by atoms with Gasteiger partial charge in [0.1, 0.15) is 4.88 Å². The number of nitrogens with zero attached hydrogens (tertiary/aromatic N) is 2. The van der Waals surface area contributed by atoms with Gasteiger partial charge in [-0.2, -0.15) is 0 Å². The van der Waals surface area contributed by atoms with Crippen LogP contribution in [-0.4, -0.2) is 45.2 Å². The van der Waals surface area contributed by atoms with E-state index in [4.69, 9.17) is 0 Å². The molecule has 3 aromatic rings. The molecule has 1 fully saturated rings. The Kier molecular flexibility index (Phi) is 4.01. The molecule has 1 aliphatic rings. The Labute approximate surface area is 149 Å². The summed E-state index contributed by atoms with van der Waals surface area (Å²) in [7, 11) is 0. The summed E-state index contributed by atoms with van der Waals surface area (Å²) in [6, 6.07) is 7.72. The van der Waals surface area contributed by atoms with E-state index in [0.29, 0.717) is 23.5 Å². The number of aryl methyl sites for hydroxylation is 1. The van der Waals surface area contributed by atoms with Crippen LogP contribution in [0.5, 0.6) is 0 Å². The molecule has 1 atom stereocenters. The molecule has 128 valence electrons. The minimum Gasteiger partial charge on any atom is -0.360 e. The predicted molar refractivity (Wildman–Crippen MR) is 96.9 cm³/mol. The number of carbonyl (C=O) groups is 2. The average molecular weight is 354 g/mol. The maximum absolute atomic E-state index is 12.9. The number of fused-ring (bicyclic) bond motifs is 1. The van der Waals surface area contributed by atoms with E-state index in [0.717, 1.165) is 22.9 Å². The number of H-pyrrole nitrogens is 1. The second-order valence-electron chi connectivity index (χ2n) is 6.34. The van der Waals surface area contributed by atoms with E-state index in [2.05, 4.69) is 14.7 Å². The van der Waals surface area contributed by atoms with E-state index in [9.17, 15) is 9.59 Å². The predicted octanol–water partition coefficient (Wildman–Crippen LogP) is 2.58. The maximum Gasteiger partial charge on any atom is 0.263 e. The average Bonchev–Trinajstić information content (AvgIpc) is 3.34. The number of rotatable bonds is 3. The monoisotopic (exact) mass is 354 g/mol. The molecule has 2 N–H and O–H groups in total. The molecule has 7 heteroatoms. The van der Waals surface area contributed by atoms with Crippen molar-refractivity contribution in [3.05, 3.63) is 52.7 Å². The van der Waals surface area contributed by atoms with E-state index in [1.807, 2.05) is 30.0 Å². The molecule has 0 aliphatic carbocycles. The molecular weight excluding hydrogens is 336 g/mol. The molecule has 0 bridgehead atoms. The zero-order chi connectivity index (χ0) is 17.4. The van der Waals surface area contributed by atoms with E-state index in [1.165, 1.54) is 11.5 Å². The Morgan fingerprint density at radius 2 is 2.24 bits per heavy atom. The summed E-state index contributed by atoms with van der Waals surface area (Å²) in [5, 5.41) is 3.93. The summed E-state index contributed by atoms with van der Waals surface area (Å²) in [5.41, 5.74) is 2.77. The van der Waals surface area contributed by atoms with Gasteiger partial charge < -0.3 is 15.2 Å². The van der Waals surface area contributed by atoms with Crippen molar-refractivity contribution < 1.29 is 9.59 Å². The molecule has 0 saturated carbocycles.